The lowest BCUT2D eigenvalue weighted by molar-refractivity contribution is -0.122. The van der Waals surface area contributed by atoms with Gasteiger partial charge >= 0.3 is 12.2 Å². The Morgan fingerprint density at radius 2 is 1.49 bits per heavy atom. The second kappa shape index (κ2) is 10.5. The maximum atomic E-state index is 12.7. The summed E-state index contributed by atoms with van der Waals surface area (Å²) in [5.41, 5.74) is -0.159. The Hall–Kier alpha value is -3.30. The van der Waals surface area contributed by atoms with Crippen LogP contribution in [0.15, 0.2) is 29.3 Å². The molecular weight excluding hydrogens is 450 g/mol. The van der Waals surface area contributed by atoms with Crippen LogP contribution in [0, 0.1) is 0 Å². The van der Waals surface area contributed by atoms with E-state index in [9.17, 15) is 14.4 Å². The van der Waals surface area contributed by atoms with Crippen molar-refractivity contribution in [1.29, 1.82) is 0 Å². The fourth-order valence-electron chi connectivity index (χ4n) is 3.53. The molecule has 1 saturated heterocycles. The minimum Gasteiger partial charge on any atom is -0.444 e. The molecular formula is C25H37N5O5. The van der Waals surface area contributed by atoms with Gasteiger partial charge in [0.2, 0.25) is 11.9 Å². The first kappa shape index (κ1) is 24.8. The van der Waals surface area contributed by atoms with Gasteiger partial charge in [0.1, 0.15) is 17.2 Å². The average molecular weight is 489 g/mol. The van der Waals surface area contributed by atoms with Crippen molar-refractivity contribution in [3.8, 4) is 0 Å². The molecule has 3 N–H and O–H groups in total. The maximum Gasteiger partial charge on any atom is 0.414 e. The van der Waals surface area contributed by atoms with E-state index < -0.39 is 29.4 Å². The van der Waals surface area contributed by atoms with Crippen molar-refractivity contribution in [3.05, 3.63) is 24.3 Å². The van der Waals surface area contributed by atoms with E-state index in [0.717, 1.165) is 25.1 Å². The molecule has 0 bridgehead atoms. The number of ether oxygens (including phenoxy) is 2. The third kappa shape index (κ3) is 8.77. The minimum atomic E-state index is -0.803. The fraction of sp³-hybridized carbons (Fsp3) is 0.600. The van der Waals surface area contributed by atoms with Crippen molar-refractivity contribution < 1.29 is 25.2 Å². The number of benzene rings is 1. The van der Waals surface area contributed by atoms with Crippen molar-refractivity contribution in [3.63, 3.8) is 0 Å². The van der Waals surface area contributed by atoms with Crippen LogP contribution in [0.3, 0.4) is 0 Å². The van der Waals surface area contributed by atoms with Crippen LogP contribution in [-0.2, 0) is 14.3 Å². The zero-order valence-corrected chi connectivity index (χ0v) is 21.4. The second-order valence-electron chi connectivity index (χ2n) is 10.7. The Labute approximate surface area is 208 Å². The van der Waals surface area contributed by atoms with Crippen molar-refractivity contribution in [2.75, 3.05) is 11.4 Å². The predicted octanol–water partition coefficient (Wildman–Crippen LogP) is 3.97. The number of carbonyl (C=O) groups excluding carboxylic acids is 3. The smallest absolute Gasteiger partial charge is 0.414 e. The topological polar surface area (TPSA) is 121 Å². The molecule has 0 spiro atoms. The molecule has 3 rings (SSSR count). The van der Waals surface area contributed by atoms with Gasteiger partial charge in [-0.25, -0.2) is 14.6 Å². The molecule has 0 radical (unpaired) electrons. The summed E-state index contributed by atoms with van der Waals surface area (Å²) in [6.45, 7) is 11.1. The van der Waals surface area contributed by atoms with E-state index in [4.69, 9.17) is 10.8 Å². The molecule has 10 heteroatoms. The fourth-order valence-corrected chi connectivity index (χ4v) is 3.53. The molecule has 192 valence electrons. The van der Waals surface area contributed by atoms with Gasteiger partial charge in [0.25, 0.3) is 0 Å². The summed E-state index contributed by atoms with van der Waals surface area (Å²) >= 11 is 0. The van der Waals surface area contributed by atoms with Gasteiger partial charge < -0.3 is 19.7 Å². The quantitative estimate of drug-likeness (QED) is 0.436. The van der Waals surface area contributed by atoms with Crippen LogP contribution in [0.2, 0.25) is 0 Å². The first-order chi connectivity index (χ1) is 16.6. The SMILES string of the molecule is [2H]C1(NC(=O)[C@@H]2CCCN2c2ccc(N=C(NC(=O)OC(C)(C)C)NC(=O)OC(C)(C)C)cc2)CC1. The standard InChI is InChI=1S/C25H37N5O5/c1-24(2,3)34-22(32)28-21(29-23(33)35-25(4,5)6)27-17-11-13-18(14-12-17)30-15-7-8-19(30)20(31)26-16-9-10-16/h11-14,16,19H,7-10,15H2,1-6H3,(H,26,31)(H2,27,28,29,32,33)/t19-/m0/s1/i16D. The highest BCUT2D eigenvalue weighted by atomic mass is 16.6. The molecule has 2 aliphatic rings. The number of aliphatic imine (C=N–C) groups is 1. The third-order valence-electron chi connectivity index (χ3n) is 5.02. The summed E-state index contributed by atoms with van der Waals surface area (Å²) in [7, 11) is 0. The molecule has 35 heavy (non-hydrogen) atoms. The first-order valence-corrected chi connectivity index (χ1v) is 11.9. The van der Waals surface area contributed by atoms with Crippen LogP contribution in [0.5, 0.6) is 0 Å². The zero-order valence-electron chi connectivity index (χ0n) is 22.4. The summed E-state index contributed by atoms with van der Waals surface area (Å²) < 4.78 is 18.6. The summed E-state index contributed by atoms with van der Waals surface area (Å²) in [4.78, 5) is 43.7. The van der Waals surface area contributed by atoms with E-state index in [1.807, 2.05) is 17.0 Å². The van der Waals surface area contributed by atoms with Crippen LogP contribution in [0.25, 0.3) is 0 Å². The lowest BCUT2D eigenvalue weighted by atomic mass is 10.2. The van der Waals surface area contributed by atoms with Gasteiger partial charge in [0.05, 0.1) is 7.06 Å². The Morgan fingerprint density at radius 1 is 0.943 bits per heavy atom. The number of guanidine groups is 1. The summed E-state index contributed by atoms with van der Waals surface area (Å²) in [6.07, 6.45) is 1.44. The van der Waals surface area contributed by atoms with E-state index in [1.54, 1.807) is 53.7 Å². The number of nitrogens with zero attached hydrogens (tertiary/aromatic N) is 2. The maximum absolute atomic E-state index is 12.7. The van der Waals surface area contributed by atoms with E-state index in [2.05, 4.69) is 20.9 Å². The number of hydrogen-bond acceptors (Lipinski definition) is 7. The number of rotatable bonds is 4. The zero-order chi connectivity index (χ0) is 26.7. The van der Waals surface area contributed by atoms with Gasteiger partial charge in [0, 0.05) is 18.3 Å². The monoisotopic (exact) mass is 488 g/mol. The molecule has 10 nitrogen and oxygen atoms in total. The highest BCUT2D eigenvalue weighted by Crippen LogP contribution is 2.28. The van der Waals surface area contributed by atoms with Crippen LogP contribution in [0.1, 0.15) is 68.6 Å². The second-order valence-corrected chi connectivity index (χ2v) is 10.7. The molecule has 3 amide bonds. The van der Waals surface area contributed by atoms with E-state index >= 15 is 0 Å². The van der Waals surface area contributed by atoms with Crippen molar-refractivity contribution in [2.45, 2.75) is 90.5 Å². The summed E-state index contributed by atoms with van der Waals surface area (Å²) in [5, 5.41) is 7.75. The Bertz CT molecular complexity index is 977. The molecule has 1 atom stereocenters. The Morgan fingerprint density at radius 3 is 1.97 bits per heavy atom. The number of nitrogens with one attached hydrogen (secondary N) is 3. The minimum absolute atomic E-state index is 0.118. The average Bonchev–Trinajstić information content (AvgIpc) is 3.23. The highest BCUT2D eigenvalue weighted by Gasteiger charge is 2.34. The number of alkyl carbamates (subject to hydrolysis) is 2. The van der Waals surface area contributed by atoms with Gasteiger partial charge in [-0.05, 0) is 91.5 Å². The first-order valence-electron chi connectivity index (χ1n) is 12.4. The van der Waals surface area contributed by atoms with E-state index in [1.165, 1.54) is 0 Å². The number of carbonyl (C=O) groups is 3. The number of amides is 3. The molecule has 0 aromatic heterocycles. The van der Waals surface area contributed by atoms with Crippen LogP contribution < -0.4 is 20.9 Å². The summed E-state index contributed by atoms with van der Waals surface area (Å²) in [5.74, 6) is -0.262. The predicted molar refractivity (Wildman–Crippen MR) is 134 cm³/mol. The van der Waals surface area contributed by atoms with Crippen molar-refractivity contribution in [2.24, 2.45) is 4.99 Å². The largest absolute Gasteiger partial charge is 0.444 e. The lowest BCUT2D eigenvalue weighted by Crippen LogP contribution is -2.47. The van der Waals surface area contributed by atoms with E-state index in [-0.39, 0.29) is 17.9 Å². The van der Waals surface area contributed by atoms with Gasteiger partial charge in [-0.15, -0.1) is 0 Å². The van der Waals surface area contributed by atoms with Gasteiger partial charge in [-0.3, -0.25) is 15.4 Å². The highest BCUT2D eigenvalue weighted by molar-refractivity contribution is 6.02. The van der Waals surface area contributed by atoms with Crippen LogP contribution in [-0.4, -0.2) is 53.9 Å². The molecule has 1 aromatic rings. The molecule has 1 aliphatic heterocycles. The third-order valence-corrected chi connectivity index (χ3v) is 5.02. The molecule has 1 saturated carbocycles. The van der Waals surface area contributed by atoms with Crippen molar-refractivity contribution >= 4 is 35.4 Å². The molecule has 2 fully saturated rings. The van der Waals surface area contributed by atoms with Crippen LogP contribution in [0.4, 0.5) is 21.0 Å². The molecule has 1 aromatic carbocycles. The van der Waals surface area contributed by atoms with Crippen molar-refractivity contribution in [1.82, 2.24) is 16.0 Å². The van der Waals surface area contributed by atoms with E-state index in [0.29, 0.717) is 18.5 Å². The number of anilines is 1. The molecule has 1 heterocycles. The van der Waals surface area contributed by atoms with Gasteiger partial charge in [-0.1, -0.05) is 0 Å². The molecule has 1 aliphatic carbocycles. The Kier molecular flexibility index (Phi) is 7.47. The summed E-state index contributed by atoms with van der Waals surface area (Å²) in [6, 6.07) is 5.99. The molecule has 0 unspecified atom stereocenters. The van der Waals surface area contributed by atoms with Gasteiger partial charge in [0.15, 0.2) is 0 Å². The lowest BCUT2D eigenvalue weighted by Gasteiger charge is -2.26. The normalized spacial score (nSPS) is 19.2. The number of hydrogen-bond donors (Lipinski definition) is 3. The Balaban J connectivity index is 1.74. The van der Waals surface area contributed by atoms with Crippen LogP contribution >= 0.6 is 0 Å². The van der Waals surface area contributed by atoms with Gasteiger partial charge in [-0.2, -0.15) is 0 Å².